The maximum atomic E-state index is 13.0. The zero-order chi connectivity index (χ0) is 26.3. The Morgan fingerprint density at radius 3 is 2.43 bits per heavy atom. The van der Waals surface area contributed by atoms with E-state index >= 15 is 0 Å². The van der Waals surface area contributed by atoms with Gasteiger partial charge in [-0.05, 0) is 58.4 Å². The molecule has 12 heteroatoms. The van der Waals surface area contributed by atoms with Crippen LogP contribution in [0.1, 0.15) is 52.5 Å². The van der Waals surface area contributed by atoms with Crippen LogP contribution in [0.2, 0.25) is 0 Å². The second-order valence-electron chi connectivity index (χ2n) is 9.06. The molecule has 0 saturated carbocycles. The van der Waals surface area contributed by atoms with Crippen molar-refractivity contribution in [2.75, 3.05) is 19.8 Å². The number of nitrogens with zero attached hydrogens (tertiary/aromatic N) is 1. The molecule has 1 heterocycles. The highest BCUT2D eigenvalue weighted by Gasteiger charge is 2.50. The maximum Gasteiger partial charge on any atom is 0.402 e. The van der Waals surface area contributed by atoms with Crippen molar-refractivity contribution >= 4 is 17.8 Å². The molecular formula is C23H32F3N3O6. The first-order valence-corrected chi connectivity index (χ1v) is 11.2. The third-order valence-corrected chi connectivity index (χ3v) is 4.95. The predicted octanol–water partition coefficient (Wildman–Crippen LogP) is 2.66. The number of hydrogen-bond acceptors (Lipinski definition) is 8. The Labute approximate surface area is 202 Å². The van der Waals surface area contributed by atoms with E-state index in [1.165, 1.54) is 0 Å². The number of aliphatic hydroxyl groups excluding tert-OH is 1. The summed E-state index contributed by atoms with van der Waals surface area (Å²) in [5, 5.41) is 8.84. The first-order valence-electron chi connectivity index (χ1n) is 11.2. The van der Waals surface area contributed by atoms with E-state index in [1.54, 1.807) is 52.0 Å². The summed E-state index contributed by atoms with van der Waals surface area (Å²) in [7, 11) is 0. The van der Waals surface area contributed by atoms with Crippen molar-refractivity contribution in [3.8, 4) is 5.75 Å². The molecule has 0 spiro atoms. The molecule has 0 saturated heterocycles. The standard InChI is InChI=1S/C23H32F3N3O6/c1-15-22(11-10-18(31)35-21(2,3)4,20(32)29-27-14-23(24,25)26)28-19(34-15)16-6-8-17(9-7-16)33-13-5-12-30/h6-9,15,27,30H,5,10-14H2,1-4H3,(H,29,32)/t15-,22-/m0/s1. The fraction of sp³-hybridized carbons (Fsp3) is 0.609. The molecule has 35 heavy (non-hydrogen) atoms. The summed E-state index contributed by atoms with van der Waals surface area (Å²) in [5.41, 5.74) is 2.01. The Bertz CT molecular complexity index is 899. The van der Waals surface area contributed by atoms with Crippen molar-refractivity contribution in [3.63, 3.8) is 0 Å². The summed E-state index contributed by atoms with van der Waals surface area (Å²) in [5.74, 6) is -0.779. The number of carbonyl (C=O) groups is 2. The molecule has 9 nitrogen and oxygen atoms in total. The number of nitrogens with one attached hydrogen (secondary N) is 2. The summed E-state index contributed by atoms with van der Waals surface area (Å²) in [4.78, 5) is 29.7. The molecule has 1 aromatic carbocycles. The molecule has 0 bridgehead atoms. The SMILES string of the molecule is C[C@@H]1OC(c2ccc(OCCCO)cc2)=N[C@]1(CCC(=O)OC(C)(C)C)C(=O)NNCC(F)(F)F. The van der Waals surface area contributed by atoms with Crippen LogP contribution in [0, 0.1) is 0 Å². The van der Waals surface area contributed by atoms with Gasteiger partial charge in [0.15, 0.2) is 5.54 Å². The van der Waals surface area contributed by atoms with E-state index in [2.05, 4.69) is 4.99 Å². The van der Waals surface area contributed by atoms with Gasteiger partial charge in [0.25, 0.3) is 5.91 Å². The number of halogens is 3. The van der Waals surface area contributed by atoms with Gasteiger partial charge in [-0.2, -0.15) is 13.2 Å². The zero-order valence-electron chi connectivity index (χ0n) is 20.2. The molecule has 0 aromatic heterocycles. The van der Waals surface area contributed by atoms with Crippen molar-refractivity contribution in [1.82, 2.24) is 10.9 Å². The zero-order valence-corrected chi connectivity index (χ0v) is 20.2. The van der Waals surface area contributed by atoms with E-state index in [-0.39, 0.29) is 25.3 Å². The van der Waals surface area contributed by atoms with Crippen LogP contribution >= 0.6 is 0 Å². The van der Waals surface area contributed by atoms with Gasteiger partial charge in [0.2, 0.25) is 5.90 Å². The fourth-order valence-corrected chi connectivity index (χ4v) is 3.27. The van der Waals surface area contributed by atoms with Crippen molar-refractivity contribution < 1.29 is 42.1 Å². The fourth-order valence-electron chi connectivity index (χ4n) is 3.27. The second-order valence-corrected chi connectivity index (χ2v) is 9.06. The van der Waals surface area contributed by atoms with Gasteiger partial charge in [-0.15, -0.1) is 0 Å². The lowest BCUT2D eigenvalue weighted by molar-refractivity contribution is -0.155. The van der Waals surface area contributed by atoms with Gasteiger partial charge in [0.1, 0.15) is 24.0 Å². The van der Waals surface area contributed by atoms with Crippen molar-refractivity contribution in [2.24, 2.45) is 4.99 Å². The largest absolute Gasteiger partial charge is 0.494 e. The van der Waals surface area contributed by atoms with Crippen LogP contribution in [0.5, 0.6) is 5.75 Å². The third kappa shape index (κ3) is 8.70. The van der Waals surface area contributed by atoms with Crippen LogP contribution in [0.3, 0.4) is 0 Å². The number of carbonyl (C=O) groups excluding carboxylic acids is 2. The first kappa shape index (κ1) is 28.4. The van der Waals surface area contributed by atoms with Crippen LogP contribution in [0.15, 0.2) is 29.3 Å². The number of hydrogen-bond donors (Lipinski definition) is 3. The molecule has 2 rings (SSSR count). The highest BCUT2D eigenvalue weighted by atomic mass is 19.4. The van der Waals surface area contributed by atoms with Gasteiger partial charge in [0, 0.05) is 25.0 Å². The Morgan fingerprint density at radius 2 is 1.86 bits per heavy atom. The van der Waals surface area contributed by atoms with Gasteiger partial charge < -0.3 is 19.3 Å². The average molecular weight is 504 g/mol. The quantitative estimate of drug-likeness (QED) is 0.241. The number of benzene rings is 1. The van der Waals surface area contributed by atoms with E-state index in [9.17, 15) is 22.8 Å². The molecule has 0 fully saturated rings. The number of ether oxygens (including phenoxy) is 3. The molecule has 3 N–H and O–H groups in total. The number of amides is 1. The van der Waals surface area contributed by atoms with E-state index in [4.69, 9.17) is 19.3 Å². The molecular weight excluding hydrogens is 471 g/mol. The van der Waals surface area contributed by atoms with Crippen LogP contribution in [-0.2, 0) is 19.1 Å². The van der Waals surface area contributed by atoms with E-state index in [0.29, 0.717) is 24.3 Å². The molecule has 1 amide bonds. The average Bonchev–Trinajstić information content (AvgIpc) is 3.08. The maximum absolute atomic E-state index is 13.0. The second kappa shape index (κ2) is 11.7. The topological polar surface area (TPSA) is 118 Å². The first-order chi connectivity index (χ1) is 16.3. The highest BCUT2D eigenvalue weighted by Crippen LogP contribution is 2.34. The number of aliphatic imine (C=N–C) groups is 1. The number of esters is 1. The Balaban J connectivity index is 2.24. The van der Waals surface area contributed by atoms with Gasteiger partial charge in [0.05, 0.1) is 6.61 Å². The van der Waals surface area contributed by atoms with Crippen LogP contribution in [0.4, 0.5) is 13.2 Å². The summed E-state index contributed by atoms with van der Waals surface area (Å²) < 4.78 is 54.2. The Kier molecular flexibility index (Phi) is 9.50. The summed E-state index contributed by atoms with van der Waals surface area (Å²) in [6.45, 7) is 5.55. The van der Waals surface area contributed by atoms with Gasteiger partial charge in [-0.1, -0.05) is 0 Å². The number of alkyl halides is 3. The molecule has 0 radical (unpaired) electrons. The number of rotatable bonds is 11. The molecule has 0 unspecified atom stereocenters. The monoisotopic (exact) mass is 503 g/mol. The Hall–Kier alpha value is -2.86. The molecule has 1 aromatic rings. The van der Waals surface area contributed by atoms with Crippen molar-refractivity contribution in [1.29, 1.82) is 0 Å². The summed E-state index contributed by atoms with van der Waals surface area (Å²) in [6, 6.07) is 6.64. The lowest BCUT2D eigenvalue weighted by atomic mass is 9.88. The predicted molar refractivity (Wildman–Crippen MR) is 121 cm³/mol. The minimum Gasteiger partial charge on any atom is -0.494 e. The van der Waals surface area contributed by atoms with Gasteiger partial charge >= 0.3 is 12.1 Å². The Morgan fingerprint density at radius 1 is 1.20 bits per heavy atom. The molecule has 1 aliphatic heterocycles. The van der Waals surface area contributed by atoms with Crippen LogP contribution < -0.4 is 15.6 Å². The van der Waals surface area contributed by atoms with Gasteiger partial charge in [-0.25, -0.2) is 10.4 Å². The summed E-state index contributed by atoms with van der Waals surface area (Å²) >= 11 is 0. The van der Waals surface area contributed by atoms with Crippen LogP contribution in [0.25, 0.3) is 0 Å². The summed E-state index contributed by atoms with van der Waals surface area (Å²) in [6.07, 6.45) is -5.29. The minimum absolute atomic E-state index is 0.00584. The normalized spacial score (nSPS) is 20.1. The highest BCUT2D eigenvalue weighted by molar-refractivity contribution is 6.00. The molecule has 1 aliphatic rings. The lowest BCUT2D eigenvalue weighted by Gasteiger charge is -2.28. The molecule has 0 aliphatic carbocycles. The van der Waals surface area contributed by atoms with E-state index < -0.39 is 41.8 Å². The van der Waals surface area contributed by atoms with Crippen LogP contribution in [-0.4, -0.2) is 66.1 Å². The lowest BCUT2D eigenvalue weighted by Crippen LogP contribution is -2.56. The minimum atomic E-state index is -4.54. The van der Waals surface area contributed by atoms with Crippen molar-refractivity contribution in [3.05, 3.63) is 29.8 Å². The van der Waals surface area contributed by atoms with E-state index in [1.807, 2.05) is 10.9 Å². The number of hydrazine groups is 1. The number of aliphatic hydroxyl groups is 1. The van der Waals surface area contributed by atoms with Gasteiger partial charge in [-0.3, -0.25) is 15.0 Å². The smallest absolute Gasteiger partial charge is 0.402 e. The van der Waals surface area contributed by atoms with E-state index in [0.717, 1.165) is 0 Å². The third-order valence-electron chi connectivity index (χ3n) is 4.95. The van der Waals surface area contributed by atoms with Crippen molar-refractivity contribution in [2.45, 2.75) is 70.4 Å². The molecule has 2 atom stereocenters. The molecule has 196 valence electrons.